The van der Waals surface area contributed by atoms with E-state index in [4.69, 9.17) is 0 Å². The van der Waals surface area contributed by atoms with E-state index in [9.17, 15) is 9.59 Å². The molecule has 1 heterocycles. The van der Waals surface area contributed by atoms with Gasteiger partial charge in [0, 0.05) is 22.4 Å². The summed E-state index contributed by atoms with van der Waals surface area (Å²) in [5, 5.41) is 8.20. The van der Waals surface area contributed by atoms with E-state index in [1.165, 1.54) is 23.1 Å². The number of nitrogens with one attached hydrogen (secondary N) is 2. The fourth-order valence-corrected chi connectivity index (χ4v) is 3.44. The third-order valence-corrected chi connectivity index (χ3v) is 4.95. The Bertz CT molecular complexity index is 734. The van der Waals surface area contributed by atoms with Gasteiger partial charge in [-0.1, -0.05) is 20.8 Å². The van der Waals surface area contributed by atoms with E-state index in [0.717, 1.165) is 16.3 Å². The number of thioether (sulfide) groups is 1. The first-order valence-corrected chi connectivity index (χ1v) is 9.82. The molecule has 2 amide bonds. The average Bonchev–Trinajstić information content (AvgIpc) is 2.89. The van der Waals surface area contributed by atoms with Gasteiger partial charge in [0.15, 0.2) is 5.13 Å². The Hall–Kier alpha value is -1.86. The first-order valence-electron chi connectivity index (χ1n) is 7.96. The highest BCUT2D eigenvalue weighted by Crippen LogP contribution is 2.23. The molecular weight excluding hydrogens is 354 g/mol. The zero-order valence-corrected chi connectivity index (χ0v) is 16.5. The molecule has 0 aliphatic rings. The summed E-state index contributed by atoms with van der Waals surface area (Å²) in [6.07, 6.45) is 0.472. The fraction of sp³-hybridized carbons (Fsp3) is 0.389. The van der Waals surface area contributed by atoms with Crippen LogP contribution in [-0.2, 0) is 9.59 Å². The van der Waals surface area contributed by atoms with Crippen molar-refractivity contribution in [2.45, 2.75) is 39.0 Å². The summed E-state index contributed by atoms with van der Waals surface area (Å²) in [7, 11) is 0. The van der Waals surface area contributed by atoms with Crippen LogP contribution in [0.25, 0.3) is 0 Å². The highest BCUT2D eigenvalue weighted by Gasteiger charge is 2.15. The third-order valence-electron chi connectivity index (χ3n) is 3.06. The molecule has 0 saturated carbocycles. The maximum absolute atomic E-state index is 11.9. The number of aromatic nitrogens is 1. The summed E-state index contributed by atoms with van der Waals surface area (Å²) in [4.78, 5) is 29.0. The van der Waals surface area contributed by atoms with Crippen LogP contribution in [0.2, 0.25) is 0 Å². The first kappa shape index (κ1) is 19.5. The number of anilines is 2. The monoisotopic (exact) mass is 377 g/mol. The summed E-state index contributed by atoms with van der Waals surface area (Å²) in [5.41, 5.74) is 1.63. The lowest BCUT2D eigenvalue weighted by Gasteiger charge is -2.17. The molecule has 1 aromatic carbocycles. The van der Waals surface area contributed by atoms with Crippen molar-refractivity contribution >= 4 is 45.7 Å². The number of amides is 2. The molecule has 7 heteroatoms. The van der Waals surface area contributed by atoms with E-state index in [1.54, 1.807) is 0 Å². The van der Waals surface area contributed by atoms with Crippen LogP contribution in [0.5, 0.6) is 0 Å². The molecule has 0 spiro atoms. The molecule has 0 bridgehead atoms. The molecule has 0 saturated heterocycles. The minimum absolute atomic E-state index is 0.00558. The van der Waals surface area contributed by atoms with Crippen LogP contribution >= 0.6 is 23.1 Å². The molecular formula is C18H23N3O2S2. The second-order valence-corrected chi connectivity index (χ2v) is 8.85. The van der Waals surface area contributed by atoms with Crippen LogP contribution in [0.15, 0.2) is 34.5 Å². The minimum atomic E-state index is -0.0816. The van der Waals surface area contributed by atoms with Crippen molar-refractivity contribution in [2.24, 2.45) is 5.41 Å². The van der Waals surface area contributed by atoms with Gasteiger partial charge < -0.3 is 10.6 Å². The van der Waals surface area contributed by atoms with Gasteiger partial charge in [-0.05, 0) is 36.6 Å². The topological polar surface area (TPSA) is 71.1 Å². The molecule has 2 N–H and O–H groups in total. The molecule has 2 aromatic rings. The molecule has 0 atom stereocenters. The van der Waals surface area contributed by atoms with Gasteiger partial charge in [-0.25, -0.2) is 4.98 Å². The molecule has 5 nitrogen and oxygen atoms in total. The Labute approximate surface area is 156 Å². The molecule has 25 heavy (non-hydrogen) atoms. The van der Waals surface area contributed by atoms with Crippen LogP contribution in [0.4, 0.5) is 10.8 Å². The Balaban J connectivity index is 1.80. The number of hydrogen-bond donors (Lipinski definition) is 2. The largest absolute Gasteiger partial charge is 0.326 e. The number of rotatable bonds is 6. The van der Waals surface area contributed by atoms with Crippen molar-refractivity contribution in [3.8, 4) is 0 Å². The Kier molecular flexibility index (Phi) is 6.61. The molecule has 0 radical (unpaired) electrons. The SMILES string of the molecule is Cc1csc(NC(=O)CSc2ccc(NC(=O)CC(C)(C)C)cc2)n1. The van der Waals surface area contributed by atoms with E-state index in [0.29, 0.717) is 17.3 Å². The lowest BCUT2D eigenvalue weighted by molar-refractivity contribution is -0.118. The van der Waals surface area contributed by atoms with E-state index in [-0.39, 0.29) is 17.2 Å². The van der Waals surface area contributed by atoms with Crippen molar-refractivity contribution in [3.05, 3.63) is 35.3 Å². The summed E-state index contributed by atoms with van der Waals surface area (Å²) >= 11 is 2.86. The molecule has 1 aromatic heterocycles. The molecule has 2 rings (SSSR count). The van der Waals surface area contributed by atoms with Gasteiger partial charge in [-0.15, -0.1) is 23.1 Å². The lowest BCUT2D eigenvalue weighted by atomic mass is 9.92. The predicted octanol–water partition coefficient (Wildman–Crippen LogP) is 4.56. The van der Waals surface area contributed by atoms with Crippen molar-refractivity contribution in [2.75, 3.05) is 16.4 Å². The van der Waals surface area contributed by atoms with Crippen LogP contribution in [0.3, 0.4) is 0 Å². The molecule has 134 valence electrons. The fourth-order valence-electron chi connectivity index (χ4n) is 2.04. The highest BCUT2D eigenvalue weighted by molar-refractivity contribution is 8.00. The molecule has 0 fully saturated rings. The van der Waals surface area contributed by atoms with Gasteiger partial charge >= 0.3 is 0 Å². The van der Waals surface area contributed by atoms with E-state index < -0.39 is 0 Å². The number of thiazole rings is 1. The predicted molar refractivity (Wildman–Crippen MR) is 105 cm³/mol. The standard InChI is InChI=1S/C18H23N3O2S2/c1-12-10-25-17(19-12)21-16(23)11-24-14-7-5-13(6-8-14)20-15(22)9-18(2,3)4/h5-8,10H,9,11H2,1-4H3,(H,20,22)(H,19,21,23). The average molecular weight is 378 g/mol. The summed E-state index contributed by atoms with van der Waals surface area (Å²) in [5.74, 6) is 0.238. The number of carbonyl (C=O) groups excluding carboxylic acids is 2. The van der Waals surface area contributed by atoms with Gasteiger partial charge in [0.1, 0.15) is 0 Å². The van der Waals surface area contributed by atoms with Crippen molar-refractivity contribution in [3.63, 3.8) is 0 Å². The Morgan fingerprint density at radius 3 is 2.36 bits per heavy atom. The van der Waals surface area contributed by atoms with Gasteiger partial charge in [-0.2, -0.15) is 0 Å². The van der Waals surface area contributed by atoms with E-state index in [2.05, 4.69) is 15.6 Å². The van der Waals surface area contributed by atoms with E-state index >= 15 is 0 Å². The second kappa shape index (κ2) is 8.49. The molecule has 0 aliphatic heterocycles. The summed E-state index contributed by atoms with van der Waals surface area (Å²) in [6.45, 7) is 7.99. The maximum atomic E-state index is 11.9. The van der Waals surface area contributed by atoms with E-state index in [1.807, 2.05) is 57.3 Å². The number of benzene rings is 1. The first-order chi connectivity index (χ1) is 11.7. The maximum Gasteiger partial charge on any atom is 0.236 e. The van der Waals surface area contributed by atoms with Gasteiger partial charge in [0.25, 0.3) is 0 Å². The smallest absolute Gasteiger partial charge is 0.236 e. The zero-order valence-electron chi connectivity index (χ0n) is 14.9. The second-order valence-electron chi connectivity index (χ2n) is 6.94. The normalized spacial score (nSPS) is 11.2. The van der Waals surface area contributed by atoms with Gasteiger partial charge in [-0.3, -0.25) is 9.59 Å². The molecule has 0 unspecified atom stereocenters. The van der Waals surface area contributed by atoms with Crippen molar-refractivity contribution < 1.29 is 9.59 Å². The van der Waals surface area contributed by atoms with Crippen LogP contribution in [0, 0.1) is 12.3 Å². The summed E-state index contributed by atoms with van der Waals surface area (Å²) in [6, 6.07) is 7.51. The van der Waals surface area contributed by atoms with Crippen molar-refractivity contribution in [1.82, 2.24) is 4.98 Å². The minimum Gasteiger partial charge on any atom is -0.326 e. The molecule has 0 aliphatic carbocycles. The zero-order chi connectivity index (χ0) is 18.4. The summed E-state index contributed by atoms with van der Waals surface area (Å²) < 4.78 is 0. The van der Waals surface area contributed by atoms with Crippen LogP contribution < -0.4 is 10.6 Å². The number of carbonyl (C=O) groups is 2. The Morgan fingerprint density at radius 2 is 1.80 bits per heavy atom. The number of hydrogen-bond acceptors (Lipinski definition) is 5. The number of nitrogens with zero attached hydrogens (tertiary/aromatic N) is 1. The highest BCUT2D eigenvalue weighted by atomic mass is 32.2. The Morgan fingerprint density at radius 1 is 1.12 bits per heavy atom. The third kappa shape index (κ3) is 7.27. The number of aryl methyl sites for hydroxylation is 1. The van der Waals surface area contributed by atoms with Gasteiger partial charge in [0.05, 0.1) is 11.4 Å². The van der Waals surface area contributed by atoms with Crippen molar-refractivity contribution in [1.29, 1.82) is 0 Å². The lowest BCUT2D eigenvalue weighted by Crippen LogP contribution is -2.19. The van der Waals surface area contributed by atoms with Crippen LogP contribution in [0.1, 0.15) is 32.9 Å². The van der Waals surface area contributed by atoms with Gasteiger partial charge in [0.2, 0.25) is 11.8 Å². The van der Waals surface area contributed by atoms with Crippen LogP contribution in [-0.4, -0.2) is 22.6 Å². The quantitative estimate of drug-likeness (QED) is 0.724.